The van der Waals surface area contributed by atoms with E-state index in [0.29, 0.717) is 0 Å². The summed E-state index contributed by atoms with van der Waals surface area (Å²) in [6.45, 7) is 1.64. The minimum absolute atomic E-state index is 0.0586. The van der Waals surface area contributed by atoms with Crippen LogP contribution >= 0.6 is 0 Å². The van der Waals surface area contributed by atoms with Crippen molar-refractivity contribution >= 4 is 15.9 Å². The lowest BCUT2D eigenvalue weighted by Gasteiger charge is -2.03. The summed E-state index contributed by atoms with van der Waals surface area (Å²) < 4.78 is 21.7. The highest BCUT2D eigenvalue weighted by Gasteiger charge is 2.06. The Morgan fingerprint density at radius 2 is 2.08 bits per heavy atom. The first-order chi connectivity index (χ1) is 5.52. The maximum absolute atomic E-state index is 10.9. The van der Waals surface area contributed by atoms with Crippen molar-refractivity contribution in [2.24, 2.45) is 5.84 Å². The Kier molecular flexibility index (Phi) is 4.60. The van der Waals surface area contributed by atoms with Crippen LogP contribution in [0.25, 0.3) is 0 Å². The summed E-state index contributed by atoms with van der Waals surface area (Å²) in [4.78, 5) is 10.4. The Bertz CT molecular complexity index is 236. The third-order valence-electron chi connectivity index (χ3n) is 1.27. The first kappa shape index (κ1) is 11.2. The molecule has 0 saturated heterocycles. The van der Waals surface area contributed by atoms with Crippen LogP contribution in [0.2, 0.25) is 0 Å². The van der Waals surface area contributed by atoms with Crippen molar-refractivity contribution in [3.63, 3.8) is 0 Å². The van der Waals surface area contributed by atoms with E-state index >= 15 is 0 Å². The van der Waals surface area contributed by atoms with E-state index in [9.17, 15) is 13.2 Å². The molecule has 0 fully saturated rings. The zero-order chi connectivity index (χ0) is 9.61. The van der Waals surface area contributed by atoms with E-state index in [0.717, 1.165) is 0 Å². The van der Waals surface area contributed by atoms with Gasteiger partial charge in [-0.1, -0.05) is 6.92 Å². The van der Waals surface area contributed by atoms with Gasteiger partial charge in [-0.2, -0.15) is 0 Å². The lowest BCUT2D eigenvalue weighted by Crippen LogP contribution is -2.41. The molecular formula is C5H13N3O3S. The van der Waals surface area contributed by atoms with E-state index in [-0.39, 0.29) is 18.1 Å². The number of carbonyl (C=O) groups is 1. The monoisotopic (exact) mass is 195 g/mol. The van der Waals surface area contributed by atoms with Gasteiger partial charge in [0, 0.05) is 12.3 Å². The number of amides is 2. The van der Waals surface area contributed by atoms with Crippen molar-refractivity contribution in [2.45, 2.75) is 6.92 Å². The standard InChI is InChI=1S/C5H13N3O3S/c1-2-12(10,11)4-3-7-5(9)8-6/h2-4,6H2,1H3,(H2,7,8,9). The van der Waals surface area contributed by atoms with Gasteiger partial charge in [-0.25, -0.2) is 19.1 Å². The average Bonchev–Trinajstić information content (AvgIpc) is 2.04. The van der Waals surface area contributed by atoms with Gasteiger partial charge in [0.1, 0.15) is 0 Å². The molecule has 0 saturated carbocycles. The summed E-state index contributed by atoms with van der Waals surface area (Å²) in [5.74, 6) is 4.77. The van der Waals surface area contributed by atoms with Crippen molar-refractivity contribution < 1.29 is 13.2 Å². The highest BCUT2D eigenvalue weighted by Crippen LogP contribution is 1.86. The van der Waals surface area contributed by atoms with Crippen LogP contribution in [-0.4, -0.2) is 32.5 Å². The van der Waals surface area contributed by atoms with Crippen molar-refractivity contribution in [1.29, 1.82) is 0 Å². The number of nitrogens with one attached hydrogen (secondary N) is 2. The maximum atomic E-state index is 10.9. The molecule has 6 nitrogen and oxygen atoms in total. The molecule has 0 rings (SSSR count). The predicted molar refractivity (Wildman–Crippen MR) is 45.0 cm³/mol. The number of hydrogen-bond acceptors (Lipinski definition) is 4. The molecule has 7 heteroatoms. The number of carbonyl (C=O) groups excluding carboxylic acids is 1. The van der Waals surface area contributed by atoms with Crippen LogP contribution in [0.15, 0.2) is 0 Å². The second-order valence-electron chi connectivity index (χ2n) is 2.14. The Labute approximate surface area is 71.4 Å². The van der Waals surface area contributed by atoms with E-state index in [4.69, 9.17) is 5.84 Å². The van der Waals surface area contributed by atoms with Gasteiger partial charge in [-0.3, -0.25) is 5.43 Å². The molecule has 0 spiro atoms. The summed E-state index contributed by atoms with van der Waals surface area (Å²) in [6, 6.07) is -0.582. The summed E-state index contributed by atoms with van der Waals surface area (Å²) in [7, 11) is -3.01. The van der Waals surface area contributed by atoms with Crippen LogP contribution < -0.4 is 16.6 Å². The SMILES string of the molecule is CCS(=O)(=O)CCNC(=O)NN. The van der Waals surface area contributed by atoms with Crippen molar-refractivity contribution in [2.75, 3.05) is 18.1 Å². The van der Waals surface area contributed by atoms with E-state index in [1.54, 1.807) is 6.92 Å². The predicted octanol–water partition coefficient (Wildman–Crippen LogP) is -1.41. The van der Waals surface area contributed by atoms with Crippen LogP contribution in [-0.2, 0) is 9.84 Å². The molecule has 4 N–H and O–H groups in total. The molecule has 2 amide bonds. The van der Waals surface area contributed by atoms with Crippen LogP contribution in [0.4, 0.5) is 4.79 Å². The van der Waals surface area contributed by atoms with Gasteiger partial charge in [0.25, 0.3) is 0 Å². The second kappa shape index (κ2) is 4.94. The first-order valence-electron chi connectivity index (χ1n) is 3.46. The Hall–Kier alpha value is -0.820. The topological polar surface area (TPSA) is 101 Å². The minimum Gasteiger partial charge on any atom is -0.336 e. The minimum atomic E-state index is -3.01. The van der Waals surface area contributed by atoms with Gasteiger partial charge in [0.2, 0.25) is 0 Å². The molecule has 0 aromatic carbocycles. The normalized spacial score (nSPS) is 10.8. The largest absolute Gasteiger partial charge is 0.336 e. The molecule has 0 aliphatic carbocycles. The smallest absolute Gasteiger partial charge is 0.328 e. The molecule has 0 unspecified atom stereocenters. The van der Waals surface area contributed by atoms with Gasteiger partial charge in [0.15, 0.2) is 9.84 Å². The molecule has 0 heterocycles. The van der Waals surface area contributed by atoms with E-state index in [1.807, 2.05) is 5.43 Å². The molecule has 72 valence electrons. The summed E-state index contributed by atoms with van der Waals surface area (Å²) >= 11 is 0. The maximum Gasteiger partial charge on any atom is 0.328 e. The molecule has 0 bridgehead atoms. The van der Waals surface area contributed by atoms with Crippen molar-refractivity contribution in [3.05, 3.63) is 0 Å². The van der Waals surface area contributed by atoms with Gasteiger partial charge in [-0.15, -0.1) is 0 Å². The first-order valence-corrected chi connectivity index (χ1v) is 5.29. The molecule has 0 aromatic rings. The van der Waals surface area contributed by atoms with E-state index in [2.05, 4.69) is 5.32 Å². The van der Waals surface area contributed by atoms with Gasteiger partial charge in [0.05, 0.1) is 5.75 Å². The Morgan fingerprint density at radius 1 is 1.50 bits per heavy atom. The summed E-state index contributed by atoms with van der Waals surface area (Å²) in [6.07, 6.45) is 0. The van der Waals surface area contributed by atoms with Crippen LogP contribution in [0.5, 0.6) is 0 Å². The number of hydrogen-bond donors (Lipinski definition) is 3. The zero-order valence-electron chi connectivity index (χ0n) is 6.83. The third-order valence-corrected chi connectivity index (χ3v) is 2.98. The number of sulfone groups is 1. The number of hydrazine groups is 1. The fourth-order valence-electron chi connectivity index (χ4n) is 0.515. The van der Waals surface area contributed by atoms with Gasteiger partial charge in [-0.05, 0) is 0 Å². The van der Waals surface area contributed by atoms with Crippen LogP contribution in [0, 0.1) is 0 Å². The summed E-state index contributed by atoms with van der Waals surface area (Å²) in [5.41, 5.74) is 1.82. The highest BCUT2D eigenvalue weighted by molar-refractivity contribution is 7.91. The molecule has 0 aliphatic heterocycles. The Balaban J connectivity index is 3.64. The zero-order valence-corrected chi connectivity index (χ0v) is 7.65. The van der Waals surface area contributed by atoms with Crippen molar-refractivity contribution in [1.82, 2.24) is 10.7 Å². The number of nitrogens with two attached hydrogens (primary N) is 1. The van der Waals surface area contributed by atoms with Crippen LogP contribution in [0.1, 0.15) is 6.92 Å². The van der Waals surface area contributed by atoms with E-state index < -0.39 is 15.9 Å². The quantitative estimate of drug-likeness (QED) is 0.291. The second-order valence-corrected chi connectivity index (χ2v) is 4.61. The Morgan fingerprint density at radius 3 is 2.50 bits per heavy atom. The molecule has 12 heavy (non-hydrogen) atoms. The van der Waals surface area contributed by atoms with Gasteiger partial charge >= 0.3 is 6.03 Å². The fourth-order valence-corrected chi connectivity index (χ4v) is 1.22. The lowest BCUT2D eigenvalue weighted by molar-refractivity contribution is 0.242. The number of urea groups is 1. The van der Waals surface area contributed by atoms with Crippen molar-refractivity contribution in [3.8, 4) is 0 Å². The van der Waals surface area contributed by atoms with E-state index in [1.165, 1.54) is 0 Å². The lowest BCUT2D eigenvalue weighted by atomic mass is 10.7. The highest BCUT2D eigenvalue weighted by atomic mass is 32.2. The van der Waals surface area contributed by atoms with Gasteiger partial charge < -0.3 is 5.32 Å². The average molecular weight is 195 g/mol. The molecule has 0 aromatic heterocycles. The molecule has 0 radical (unpaired) electrons. The van der Waals surface area contributed by atoms with Crippen LogP contribution in [0.3, 0.4) is 0 Å². The molecule has 0 atom stereocenters. The third kappa shape index (κ3) is 4.91. The molecule has 0 aliphatic rings. The number of rotatable bonds is 4. The fraction of sp³-hybridized carbons (Fsp3) is 0.800. The molecular weight excluding hydrogens is 182 g/mol. The summed E-state index contributed by atoms with van der Waals surface area (Å²) in [5, 5.41) is 2.27.